The standard InChI is InChI=1S/C17H24FNO2/c18-15-6-4-5-14(11-15)7-8-16(21)19-12-17(13-20)9-2-1-3-10-17/h4-6,11,20H,1-3,7-10,12-13H2,(H,19,21). The number of hydrogen-bond acceptors (Lipinski definition) is 2. The fourth-order valence-electron chi connectivity index (χ4n) is 3.02. The molecular formula is C17H24FNO2. The number of hydrogen-bond donors (Lipinski definition) is 2. The van der Waals surface area contributed by atoms with Gasteiger partial charge in [0.15, 0.2) is 0 Å². The van der Waals surface area contributed by atoms with Crippen molar-refractivity contribution in [3.63, 3.8) is 0 Å². The average molecular weight is 293 g/mol. The Morgan fingerprint density at radius 1 is 1.29 bits per heavy atom. The molecule has 1 aliphatic carbocycles. The van der Waals surface area contributed by atoms with Gasteiger partial charge in [-0.05, 0) is 37.0 Å². The molecule has 0 atom stereocenters. The van der Waals surface area contributed by atoms with E-state index in [4.69, 9.17) is 0 Å². The lowest BCUT2D eigenvalue weighted by Crippen LogP contribution is -2.41. The van der Waals surface area contributed by atoms with E-state index in [0.29, 0.717) is 19.4 Å². The topological polar surface area (TPSA) is 49.3 Å². The van der Waals surface area contributed by atoms with Crippen LogP contribution in [0.5, 0.6) is 0 Å². The number of amides is 1. The first kappa shape index (κ1) is 16.0. The Morgan fingerprint density at radius 3 is 2.71 bits per heavy atom. The van der Waals surface area contributed by atoms with E-state index in [0.717, 1.165) is 31.2 Å². The minimum absolute atomic E-state index is 0.0299. The van der Waals surface area contributed by atoms with Gasteiger partial charge in [0.2, 0.25) is 5.91 Å². The van der Waals surface area contributed by atoms with Gasteiger partial charge in [0.1, 0.15) is 5.82 Å². The predicted octanol–water partition coefficient (Wildman–Crippen LogP) is 2.82. The largest absolute Gasteiger partial charge is 0.396 e. The molecular weight excluding hydrogens is 269 g/mol. The molecule has 4 heteroatoms. The van der Waals surface area contributed by atoms with Crippen molar-refractivity contribution in [2.45, 2.75) is 44.9 Å². The highest BCUT2D eigenvalue weighted by molar-refractivity contribution is 5.76. The van der Waals surface area contributed by atoms with Crippen LogP contribution < -0.4 is 5.32 Å². The molecule has 0 bridgehead atoms. The summed E-state index contributed by atoms with van der Waals surface area (Å²) in [7, 11) is 0. The second kappa shape index (κ2) is 7.55. The number of nitrogens with one attached hydrogen (secondary N) is 1. The summed E-state index contributed by atoms with van der Waals surface area (Å²) >= 11 is 0. The fraction of sp³-hybridized carbons (Fsp3) is 0.588. The molecule has 0 heterocycles. The van der Waals surface area contributed by atoms with Crippen LogP contribution in [-0.4, -0.2) is 24.2 Å². The number of carbonyl (C=O) groups is 1. The Hall–Kier alpha value is -1.42. The van der Waals surface area contributed by atoms with Crippen LogP contribution in [0, 0.1) is 11.2 Å². The van der Waals surface area contributed by atoms with Crippen molar-refractivity contribution in [3.8, 4) is 0 Å². The molecule has 1 saturated carbocycles. The number of rotatable bonds is 6. The Labute approximate surface area is 125 Å². The summed E-state index contributed by atoms with van der Waals surface area (Å²) in [6.07, 6.45) is 6.32. The van der Waals surface area contributed by atoms with Crippen LogP contribution in [0.2, 0.25) is 0 Å². The van der Waals surface area contributed by atoms with E-state index in [9.17, 15) is 14.3 Å². The smallest absolute Gasteiger partial charge is 0.220 e. The number of halogens is 1. The maximum atomic E-state index is 13.1. The molecule has 0 spiro atoms. The summed E-state index contributed by atoms with van der Waals surface area (Å²) in [4.78, 5) is 11.9. The monoisotopic (exact) mass is 293 g/mol. The fourth-order valence-corrected chi connectivity index (χ4v) is 3.02. The van der Waals surface area contributed by atoms with Crippen molar-refractivity contribution >= 4 is 5.91 Å². The summed E-state index contributed by atoms with van der Waals surface area (Å²) in [6.45, 7) is 0.683. The lowest BCUT2D eigenvalue weighted by atomic mass is 9.74. The van der Waals surface area contributed by atoms with E-state index in [1.54, 1.807) is 6.07 Å². The van der Waals surface area contributed by atoms with Crippen molar-refractivity contribution in [3.05, 3.63) is 35.6 Å². The van der Waals surface area contributed by atoms with Crippen LogP contribution in [0.3, 0.4) is 0 Å². The van der Waals surface area contributed by atoms with E-state index in [-0.39, 0.29) is 23.7 Å². The van der Waals surface area contributed by atoms with Crippen LogP contribution in [0.15, 0.2) is 24.3 Å². The minimum Gasteiger partial charge on any atom is -0.396 e. The van der Waals surface area contributed by atoms with Crippen LogP contribution in [-0.2, 0) is 11.2 Å². The summed E-state index contributed by atoms with van der Waals surface area (Å²) in [5.74, 6) is -0.299. The maximum absolute atomic E-state index is 13.1. The molecule has 0 unspecified atom stereocenters. The molecule has 1 aromatic rings. The first-order chi connectivity index (χ1) is 10.1. The number of aliphatic hydroxyl groups excluding tert-OH is 1. The third kappa shape index (κ3) is 4.81. The van der Waals surface area contributed by atoms with Gasteiger partial charge in [0.05, 0.1) is 6.61 Å². The van der Waals surface area contributed by atoms with Crippen molar-refractivity contribution in [1.29, 1.82) is 0 Å². The highest BCUT2D eigenvalue weighted by Gasteiger charge is 2.31. The molecule has 1 fully saturated rings. The lowest BCUT2D eigenvalue weighted by molar-refractivity contribution is -0.121. The van der Waals surface area contributed by atoms with Gasteiger partial charge < -0.3 is 10.4 Å². The lowest BCUT2D eigenvalue weighted by Gasteiger charge is -2.35. The molecule has 1 aliphatic rings. The van der Waals surface area contributed by atoms with Crippen molar-refractivity contribution in [2.24, 2.45) is 5.41 Å². The highest BCUT2D eigenvalue weighted by Crippen LogP contribution is 2.35. The first-order valence-corrected chi connectivity index (χ1v) is 7.76. The van der Waals surface area contributed by atoms with Gasteiger partial charge in [-0.1, -0.05) is 31.4 Å². The summed E-state index contributed by atoms with van der Waals surface area (Å²) < 4.78 is 13.1. The Bertz CT molecular complexity index is 470. The SMILES string of the molecule is O=C(CCc1cccc(F)c1)NCC1(CO)CCCCC1. The number of aliphatic hydroxyl groups is 1. The van der Waals surface area contributed by atoms with Crippen molar-refractivity contribution in [2.75, 3.05) is 13.2 Å². The minimum atomic E-state index is -0.269. The van der Waals surface area contributed by atoms with Gasteiger partial charge in [-0.3, -0.25) is 4.79 Å². The Morgan fingerprint density at radius 2 is 2.05 bits per heavy atom. The maximum Gasteiger partial charge on any atom is 0.220 e. The molecule has 1 aromatic carbocycles. The normalized spacial score (nSPS) is 17.4. The van der Waals surface area contributed by atoms with E-state index in [1.807, 2.05) is 6.07 Å². The molecule has 0 saturated heterocycles. The predicted molar refractivity (Wildman–Crippen MR) is 80.3 cm³/mol. The van der Waals surface area contributed by atoms with Crippen LogP contribution in [0.1, 0.15) is 44.1 Å². The molecule has 2 rings (SSSR count). The second-order valence-electron chi connectivity index (χ2n) is 6.13. The van der Waals surface area contributed by atoms with Gasteiger partial charge in [0, 0.05) is 18.4 Å². The average Bonchev–Trinajstić information content (AvgIpc) is 2.52. The summed E-state index contributed by atoms with van der Waals surface area (Å²) in [6, 6.07) is 6.35. The van der Waals surface area contributed by atoms with E-state index < -0.39 is 0 Å². The molecule has 2 N–H and O–H groups in total. The van der Waals surface area contributed by atoms with E-state index in [2.05, 4.69) is 5.32 Å². The molecule has 1 amide bonds. The molecule has 116 valence electrons. The quantitative estimate of drug-likeness (QED) is 0.847. The van der Waals surface area contributed by atoms with Crippen LogP contribution in [0.4, 0.5) is 4.39 Å². The van der Waals surface area contributed by atoms with E-state index in [1.165, 1.54) is 18.6 Å². The van der Waals surface area contributed by atoms with Gasteiger partial charge in [0.25, 0.3) is 0 Å². The molecule has 0 aromatic heterocycles. The van der Waals surface area contributed by atoms with E-state index >= 15 is 0 Å². The second-order valence-corrected chi connectivity index (χ2v) is 6.13. The zero-order valence-corrected chi connectivity index (χ0v) is 12.4. The third-order valence-corrected chi connectivity index (χ3v) is 4.44. The van der Waals surface area contributed by atoms with Crippen LogP contribution in [0.25, 0.3) is 0 Å². The van der Waals surface area contributed by atoms with Gasteiger partial charge >= 0.3 is 0 Å². The Balaban J connectivity index is 1.76. The summed E-state index contributed by atoms with van der Waals surface area (Å²) in [5.41, 5.74) is 0.701. The third-order valence-electron chi connectivity index (χ3n) is 4.44. The zero-order valence-electron chi connectivity index (χ0n) is 12.4. The number of aryl methyl sites for hydroxylation is 1. The van der Waals surface area contributed by atoms with Crippen LogP contribution >= 0.6 is 0 Å². The summed E-state index contributed by atoms with van der Waals surface area (Å²) in [5, 5.41) is 12.5. The van der Waals surface area contributed by atoms with Crippen molar-refractivity contribution in [1.82, 2.24) is 5.32 Å². The number of carbonyl (C=O) groups excluding carboxylic acids is 1. The first-order valence-electron chi connectivity index (χ1n) is 7.76. The molecule has 0 radical (unpaired) electrons. The molecule has 21 heavy (non-hydrogen) atoms. The molecule has 0 aliphatic heterocycles. The zero-order chi connectivity index (χ0) is 15.1. The van der Waals surface area contributed by atoms with Crippen molar-refractivity contribution < 1.29 is 14.3 Å². The van der Waals surface area contributed by atoms with Gasteiger partial charge in [-0.2, -0.15) is 0 Å². The van der Waals surface area contributed by atoms with Gasteiger partial charge in [-0.15, -0.1) is 0 Å². The Kier molecular flexibility index (Phi) is 5.74. The number of benzene rings is 1. The van der Waals surface area contributed by atoms with Gasteiger partial charge in [-0.25, -0.2) is 4.39 Å². The molecule has 3 nitrogen and oxygen atoms in total. The highest BCUT2D eigenvalue weighted by atomic mass is 19.1.